The third kappa shape index (κ3) is 5.07. The standard InChI is InChI=1S/C20H23N3O3/c21-17-5-1-15(2-6-17)13-19(24)22-18-7-3-16(4-8-18)14-20(25)23-9-11-26-12-10-23/h1-8H,9-14,21H2,(H,22,24). The number of nitrogens with one attached hydrogen (secondary N) is 1. The van der Waals surface area contributed by atoms with Crippen LogP contribution >= 0.6 is 0 Å². The molecule has 0 saturated carbocycles. The maximum Gasteiger partial charge on any atom is 0.228 e. The van der Waals surface area contributed by atoms with Gasteiger partial charge in [0.05, 0.1) is 26.1 Å². The Morgan fingerprint density at radius 3 is 2.15 bits per heavy atom. The Hall–Kier alpha value is -2.86. The monoisotopic (exact) mass is 353 g/mol. The summed E-state index contributed by atoms with van der Waals surface area (Å²) in [5.74, 6) is 0.0142. The minimum absolute atomic E-state index is 0.0908. The van der Waals surface area contributed by atoms with Crippen molar-refractivity contribution in [3.8, 4) is 0 Å². The first-order chi connectivity index (χ1) is 12.6. The average Bonchev–Trinajstić information content (AvgIpc) is 2.66. The zero-order chi connectivity index (χ0) is 18.4. The summed E-state index contributed by atoms with van der Waals surface area (Å²) in [6, 6.07) is 14.6. The van der Waals surface area contributed by atoms with E-state index in [-0.39, 0.29) is 18.2 Å². The fourth-order valence-corrected chi connectivity index (χ4v) is 2.83. The van der Waals surface area contributed by atoms with Crippen molar-refractivity contribution in [2.75, 3.05) is 37.4 Å². The molecular formula is C20H23N3O3. The van der Waals surface area contributed by atoms with E-state index < -0.39 is 0 Å². The molecule has 0 aliphatic carbocycles. The molecule has 1 aliphatic heterocycles. The van der Waals surface area contributed by atoms with Crippen LogP contribution < -0.4 is 11.1 Å². The lowest BCUT2D eigenvalue weighted by Gasteiger charge is -2.26. The van der Waals surface area contributed by atoms with E-state index in [1.807, 2.05) is 41.3 Å². The highest BCUT2D eigenvalue weighted by molar-refractivity contribution is 5.92. The minimum atomic E-state index is -0.0908. The smallest absolute Gasteiger partial charge is 0.228 e. The molecule has 136 valence electrons. The SMILES string of the molecule is Nc1ccc(CC(=O)Nc2ccc(CC(=O)N3CCOCC3)cc2)cc1. The van der Waals surface area contributed by atoms with Gasteiger partial charge in [-0.15, -0.1) is 0 Å². The number of nitrogen functional groups attached to an aromatic ring is 1. The van der Waals surface area contributed by atoms with Gasteiger partial charge < -0.3 is 20.7 Å². The predicted octanol–water partition coefficient (Wildman–Crippen LogP) is 1.85. The zero-order valence-electron chi connectivity index (χ0n) is 14.6. The maximum absolute atomic E-state index is 12.2. The van der Waals surface area contributed by atoms with Gasteiger partial charge in [-0.25, -0.2) is 0 Å². The highest BCUT2D eigenvalue weighted by Gasteiger charge is 2.16. The summed E-state index contributed by atoms with van der Waals surface area (Å²) in [4.78, 5) is 26.2. The summed E-state index contributed by atoms with van der Waals surface area (Å²) < 4.78 is 5.26. The van der Waals surface area contributed by atoms with Gasteiger partial charge in [0.1, 0.15) is 0 Å². The van der Waals surface area contributed by atoms with Crippen molar-refractivity contribution in [2.24, 2.45) is 0 Å². The number of rotatable bonds is 5. The van der Waals surface area contributed by atoms with Gasteiger partial charge in [-0.05, 0) is 35.4 Å². The first-order valence-electron chi connectivity index (χ1n) is 8.69. The van der Waals surface area contributed by atoms with Crippen molar-refractivity contribution in [1.29, 1.82) is 0 Å². The lowest BCUT2D eigenvalue weighted by Crippen LogP contribution is -2.41. The first kappa shape index (κ1) is 17.9. The van der Waals surface area contributed by atoms with E-state index >= 15 is 0 Å². The fourth-order valence-electron chi connectivity index (χ4n) is 2.83. The molecule has 0 atom stereocenters. The van der Waals surface area contributed by atoms with Crippen LogP contribution in [0.15, 0.2) is 48.5 Å². The number of ether oxygens (including phenoxy) is 1. The van der Waals surface area contributed by atoms with E-state index in [9.17, 15) is 9.59 Å². The number of nitrogens with two attached hydrogens (primary N) is 1. The number of morpholine rings is 1. The summed E-state index contributed by atoms with van der Waals surface area (Å²) in [6.45, 7) is 2.51. The molecular weight excluding hydrogens is 330 g/mol. The van der Waals surface area contributed by atoms with Crippen molar-refractivity contribution in [2.45, 2.75) is 12.8 Å². The molecule has 2 aromatic rings. The molecule has 2 aromatic carbocycles. The zero-order valence-corrected chi connectivity index (χ0v) is 14.6. The Kier molecular flexibility index (Phi) is 5.86. The molecule has 6 nitrogen and oxygen atoms in total. The molecule has 1 heterocycles. The van der Waals surface area contributed by atoms with Crippen LogP contribution in [0.5, 0.6) is 0 Å². The van der Waals surface area contributed by atoms with Crippen LogP contribution in [-0.2, 0) is 27.2 Å². The van der Waals surface area contributed by atoms with E-state index in [0.29, 0.717) is 44.1 Å². The van der Waals surface area contributed by atoms with Gasteiger partial charge in [0.25, 0.3) is 0 Å². The number of anilines is 2. The molecule has 2 amide bonds. The first-order valence-corrected chi connectivity index (χ1v) is 8.69. The third-order valence-corrected chi connectivity index (χ3v) is 4.30. The average molecular weight is 353 g/mol. The quantitative estimate of drug-likeness (QED) is 0.804. The molecule has 0 spiro atoms. The molecule has 1 saturated heterocycles. The van der Waals surface area contributed by atoms with Crippen LogP contribution in [0.3, 0.4) is 0 Å². The van der Waals surface area contributed by atoms with Gasteiger partial charge in [0.15, 0.2) is 0 Å². The minimum Gasteiger partial charge on any atom is -0.399 e. The van der Waals surface area contributed by atoms with E-state index in [4.69, 9.17) is 10.5 Å². The van der Waals surface area contributed by atoms with Crippen molar-refractivity contribution in [3.05, 3.63) is 59.7 Å². The van der Waals surface area contributed by atoms with E-state index in [0.717, 1.165) is 11.1 Å². The molecule has 26 heavy (non-hydrogen) atoms. The Morgan fingerprint density at radius 2 is 1.50 bits per heavy atom. The highest BCUT2D eigenvalue weighted by atomic mass is 16.5. The predicted molar refractivity (Wildman–Crippen MR) is 101 cm³/mol. The molecule has 1 aliphatic rings. The van der Waals surface area contributed by atoms with Crippen molar-refractivity contribution >= 4 is 23.2 Å². The van der Waals surface area contributed by atoms with Gasteiger partial charge in [-0.2, -0.15) is 0 Å². The largest absolute Gasteiger partial charge is 0.399 e. The molecule has 0 aromatic heterocycles. The summed E-state index contributed by atoms with van der Waals surface area (Å²) >= 11 is 0. The normalized spacial score (nSPS) is 14.1. The highest BCUT2D eigenvalue weighted by Crippen LogP contribution is 2.13. The van der Waals surface area contributed by atoms with Crippen molar-refractivity contribution in [1.82, 2.24) is 4.90 Å². The molecule has 0 bridgehead atoms. The summed E-state index contributed by atoms with van der Waals surface area (Å²) in [7, 11) is 0. The van der Waals surface area contributed by atoms with Gasteiger partial charge in [0.2, 0.25) is 11.8 Å². The fraction of sp³-hybridized carbons (Fsp3) is 0.300. The van der Waals surface area contributed by atoms with E-state index in [1.165, 1.54) is 0 Å². The van der Waals surface area contributed by atoms with Gasteiger partial charge >= 0.3 is 0 Å². The molecule has 3 N–H and O–H groups in total. The molecule has 3 rings (SSSR count). The van der Waals surface area contributed by atoms with Crippen LogP contribution in [0.25, 0.3) is 0 Å². The summed E-state index contributed by atoms with van der Waals surface area (Å²) in [5, 5.41) is 2.87. The van der Waals surface area contributed by atoms with E-state index in [2.05, 4.69) is 5.32 Å². The third-order valence-electron chi connectivity index (χ3n) is 4.30. The van der Waals surface area contributed by atoms with Crippen molar-refractivity contribution in [3.63, 3.8) is 0 Å². The van der Waals surface area contributed by atoms with Crippen LogP contribution in [0.4, 0.5) is 11.4 Å². The lowest BCUT2D eigenvalue weighted by molar-refractivity contribution is -0.134. The lowest BCUT2D eigenvalue weighted by atomic mass is 10.1. The maximum atomic E-state index is 12.2. The van der Waals surface area contributed by atoms with Gasteiger partial charge in [-0.1, -0.05) is 24.3 Å². The van der Waals surface area contributed by atoms with Gasteiger partial charge in [0, 0.05) is 24.5 Å². The number of carbonyl (C=O) groups excluding carboxylic acids is 2. The second-order valence-corrected chi connectivity index (χ2v) is 6.33. The number of hydrogen-bond donors (Lipinski definition) is 2. The van der Waals surface area contributed by atoms with Crippen LogP contribution in [-0.4, -0.2) is 43.0 Å². The Morgan fingerprint density at radius 1 is 0.923 bits per heavy atom. The number of nitrogens with zero attached hydrogens (tertiary/aromatic N) is 1. The Bertz CT molecular complexity index is 751. The molecule has 1 fully saturated rings. The topological polar surface area (TPSA) is 84.7 Å². The summed E-state index contributed by atoms with van der Waals surface area (Å²) in [5.41, 5.74) is 8.87. The number of benzene rings is 2. The second kappa shape index (κ2) is 8.49. The Balaban J connectivity index is 1.51. The summed E-state index contributed by atoms with van der Waals surface area (Å²) in [6.07, 6.45) is 0.650. The molecule has 0 unspecified atom stereocenters. The van der Waals surface area contributed by atoms with Gasteiger partial charge in [-0.3, -0.25) is 9.59 Å². The molecule has 0 radical (unpaired) electrons. The van der Waals surface area contributed by atoms with Crippen molar-refractivity contribution < 1.29 is 14.3 Å². The van der Waals surface area contributed by atoms with E-state index in [1.54, 1.807) is 12.1 Å². The van der Waals surface area contributed by atoms with Crippen LogP contribution in [0.2, 0.25) is 0 Å². The number of amides is 2. The second-order valence-electron chi connectivity index (χ2n) is 6.33. The number of carbonyl (C=O) groups is 2. The van der Waals surface area contributed by atoms with Crippen LogP contribution in [0, 0.1) is 0 Å². The van der Waals surface area contributed by atoms with Crippen LogP contribution in [0.1, 0.15) is 11.1 Å². The number of hydrogen-bond acceptors (Lipinski definition) is 4. The Labute approximate surface area is 152 Å². The molecule has 6 heteroatoms.